The Kier molecular flexibility index (Phi) is 6.64. The lowest BCUT2D eigenvalue weighted by Gasteiger charge is -2.25. The van der Waals surface area contributed by atoms with Crippen LogP contribution in [0.1, 0.15) is 69.3 Å². The molecule has 0 bridgehead atoms. The first kappa shape index (κ1) is 22.1. The summed E-state index contributed by atoms with van der Waals surface area (Å²) in [7, 11) is 1.87. The fourth-order valence-corrected chi connectivity index (χ4v) is 4.32. The summed E-state index contributed by atoms with van der Waals surface area (Å²) in [5, 5.41) is 3.06. The average Bonchev–Trinajstić information content (AvgIpc) is 3.20. The smallest absolute Gasteiger partial charge is 0.253 e. The maximum atomic E-state index is 13.0. The van der Waals surface area contributed by atoms with Crippen LogP contribution in [0.3, 0.4) is 0 Å². The van der Waals surface area contributed by atoms with Gasteiger partial charge < -0.3 is 10.2 Å². The van der Waals surface area contributed by atoms with Crippen molar-refractivity contribution >= 4 is 11.8 Å². The largest absolute Gasteiger partial charge is 0.353 e. The number of rotatable bonds is 5. The minimum absolute atomic E-state index is 0.0399. The van der Waals surface area contributed by atoms with Gasteiger partial charge in [-0.2, -0.15) is 0 Å². The van der Waals surface area contributed by atoms with E-state index in [0.29, 0.717) is 12.0 Å². The molecule has 2 amide bonds. The number of benzene rings is 2. The van der Waals surface area contributed by atoms with Crippen LogP contribution in [-0.4, -0.2) is 35.8 Å². The molecule has 0 unspecified atom stereocenters. The number of carbonyl (C=O) groups excluding carboxylic acids is 2. The van der Waals surface area contributed by atoms with Crippen LogP contribution >= 0.6 is 0 Å². The van der Waals surface area contributed by atoms with E-state index in [1.165, 1.54) is 11.1 Å². The van der Waals surface area contributed by atoms with Gasteiger partial charge >= 0.3 is 0 Å². The molecule has 160 valence electrons. The molecular formula is C26H34N2O2. The summed E-state index contributed by atoms with van der Waals surface area (Å²) >= 11 is 0. The number of hydrogen-bond donors (Lipinski definition) is 1. The first-order chi connectivity index (χ1) is 14.2. The van der Waals surface area contributed by atoms with Crippen molar-refractivity contribution in [2.45, 2.75) is 70.9 Å². The van der Waals surface area contributed by atoms with Gasteiger partial charge in [0, 0.05) is 31.1 Å². The van der Waals surface area contributed by atoms with Crippen LogP contribution in [-0.2, 0) is 10.2 Å². The van der Waals surface area contributed by atoms with Gasteiger partial charge in [0.05, 0.1) is 0 Å². The van der Waals surface area contributed by atoms with Gasteiger partial charge in [-0.05, 0) is 53.5 Å². The first-order valence-electron chi connectivity index (χ1n) is 11.0. The predicted octanol–water partition coefficient (Wildman–Crippen LogP) is 5.17. The van der Waals surface area contributed by atoms with Gasteiger partial charge in [0.25, 0.3) is 5.91 Å². The molecule has 4 nitrogen and oxygen atoms in total. The highest BCUT2D eigenvalue weighted by Gasteiger charge is 2.31. The highest BCUT2D eigenvalue weighted by molar-refractivity contribution is 5.95. The normalized spacial score (nSPS) is 18.8. The standard InChI is InChI=1S/C26H34N2O2/c1-6-24(29)27-20-15-16-21(17-20)28(5)25(30)19-13-11-18(12-14-19)22-9-7-8-10-23(22)26(2,3)4/h7-14,20-21H,6,15-17H2,1-5H3,(H,27,29)/t20-,21+/m0/s1. The molecule has 1 fully saturated rings. The molecule has 3 rings (SSSR count). The highest BCUT2D eigenvalue weighted by atomic mass is 16.2. The SMILES string of the molecule is CCC(=O)N[C@H]1CC[C@@H](N(C)C(=O)c2ccc(-c3ccccc3C(C)(C)C)cc2)C1. The Morgan fingerprint density at radius 3 is 2.33 bits per heavy atom. The third kappa shape index (κ3) is 4.92. The Morgan fingerprint density at radius 2 is 1.70 bits per heavy atom. The fraction of sp³-hybridized carbons (Fsp3) is 0.462. The summed E-state index contributed by atoms with van der Waals surface area (Å²) in [6.07, 6.45) is 3.18. The minimum atomic E-state index is 0.0399. The van der Waals surface area contributed by atoms with Crippen molar-refractivity contribution in [1.29, 1.82) is 0 Å². The molecule has 4 heteroatoms. The number of nitrogens with zero attached hydrogens (tertiary/aromatic N) is 1. The third-order valence-corrected chi connectivity index (χ3v) is 6.14. The van der Waals surface area contributed by atoms with E-state index >= 15 is 0 Å². The zero-order valence-electron chi connectivity index (χ0n) is 18.9. The predicted molar refractivity (Wildman–Crippen MR) is 123 cm³/mol. The second-order valence-electron chi connectivity index (χ2n) is 9.37. The van der Waals surface area contributed by atoms with Crippen LogP contribution in [0.4, 0.5) is 0 Å². The van der Waals surface area contributed by atoms with Crippen molar-refractivity contribution in [3.63, 3.8) is 0 Å². The van der Waals surface area contributed by atoms with Crippen molar-refractivity contribution in [1.82, 2.24) is 10.2 Å². The Labute approximate surface area is 180 Å². The average molecular weight is 407 g/mol. The maximum Gasteiger partial charge on any atom is 0.253 e. The summed E-state index contributed by atoms with van der Waals surface area (Å²) in [4.78, 5) is 26.5. The number of hydrogen-bond acceptors (Lipinski definition) is 2. The van der Waals surface area contributed by atoms with Crippen LogP contribution in [0.15, 0.2) is 48.5 Å². The maximum absolute atomic E-state index is 13.0. The molecule has 0 saturated heterocycles. The monoisotopic (exact) mass is 406 g/mol. The van der Waals surface area contributed by atoms with Gasteiger partial charge in [-0.15, -0.1) is 0 Å². The fourth-order valence-electron chi connectivity index (χ4n) is 4.32. The molecule has 30 heavy (non-hydrogen) atoms. The second kappa shape index (κ2) is 9.03. The van der Waals surface area contributed by atoms with E-state index in [9.17, 15) is 9.59 Å². The van der Waals surface area contributed by atoms with E-state index in [1.54, 1.807) is 0 Å². The molecule has 1 saturated carbocycles. The molecule has 2 aromatic rings. The van der Waals surface area contributed by atoms with Crippen LogP contribution in [0.2, 0.25) is 0 Å². The molecule has 0 heterocycles. The van der Waals surface area contributed by atoms with Crippen LogP contribution < -0.4 is 5.32 Å². The number of carbonyl (C=O) groups is 2. The number of amides is 2. The van der Waals surface area contributed by atoms with Gasteiger partial charge in [-0.25, -0.2) is 0 Å². The molecule has 1 N–H and O–H groups in total. The van der Waals surface area contributed by atoms with E-state index in [-0.39, 0.29) is 29.3 Å². The topological polar surface area (TPSA) is 49.4 Å². The summed E-state index contributed by atoms with van der Waals surface area (Å²) in [5.74, 6) is 0.124. The number of nitrogens with one attached hydrogen (secondary N) is 1. The molecule has 2 atom stereocenters. The third-order valence-electron chi connectivity index (χ3n) is 6.14. The van der Waals surface area contributed by atoms with Gasteiger partial charge in [-0.1, -0.05) is 64.1 Å². The quantitative estimate of drug-likeness (QED) is 0.745. The van der Waals surface area contributed by atoms with E-state index in [4.69, 9.17) is 0 Å². The van der Waals surface area contributed by atoms with Crippen molar-refractivity contribution in [2.75, 3.05) is 7.05 Å². The minimum Gasteiger partial charge on any atom is -0.353 e. The molecular weight excluding hydrogens is 372 g/mol. The zero-order valence-corrected chi connectivity index (χ0v) is 18.9. The molecule has 0 aromatic heterocycles. The van der Waals surface area contributed by atoms with Gasteiger partial charge in [0.15, 0.2) is 0 Å². The Balaban J connectivity index is 1.71. The Hall–Kier alpha value is -2.62. The summed E-state index contributed by atoms with van der Waals surface area (Å²) in [6, 6.07) is 16.8. The summed E-state index contributed by atoms with van der Waals surface area (Å²) < 4.78 is 0. The zero-order chi connectivity index (χ0) is 21.9. The van der Waals surface area contributed by atoms with Crippen LogP contribution in [0.5, 0.6) is 0 Å². The van der Waals surface area contributed by atoms with E-state index in [0.717, 1.165) is 24.8 Å². The van der Waals surface area contributed by atoms with Crippen molar-refractivity contribution in [2.24, 2.45) is 0 Å². The van der Waals surface area contributed by atoms with Crippen molar-refractivity contribution in [3.8, 4) is 11.1 Å². The Morgan fingerprint density at radius 1 is 1.03 bits per heavy atom. The molecule has 2 aromatic carbocycles. The molecule has 1 aliphatic rings. The van der Waals surface area contributed by atoms with E-state index in [2.05, 4.69) is 50.4 Å². The highest BCUT2D eigenvalue weighted by Crippen LogP contribution is 2.33. The van der Waals surface area contributed by atoms with Crippen LogP contribution in [0, 0.1) is 0 Å². The summed E-state index contributed by atoms with van der Waals surface area (Å²) in [6.45, 7) is 8.52. The van der Waals surface area contributed by atoms with Gasteiger partial charge in [0.2, 0.25) is 5.91 Å². The lowest BCUT2D eigenvalue weighted by Crippen LogP contribution is -2.38. The van der Waals surface area contributed by atoms with E-state index in [1.807, 2.05) is 43.1 Å². The Bertz CT molecular complexity index is 896. The summed E-state index contributed by atoms with van der Waals surface area (Å²) in [5.41, 5.74) is 4.39. The van der Waals surface area contributed by atoms with Gasteiger partial charge in [-0.3, -0.25) is 9.59 Å². The van der Waals surface area contributed by atoms with Crippen molar-refractivity contribution < 1.29 is 9.59 Å². The second-order valence-corrected chi connectivity index (χ2v) is 9.37. The first-order valence-corrected chi connectivity index (χ1v) is 11.0. The molecule has 1 aliphatic carbocycles. The van der Waals surface area contributed by atoms with Crippen LogP contribution in [0.25, 0.3) is 11.1 Å². The van der Waals surface area contributed by atoms with E-state index < -0.39 is 0 Å². The lowest BCUT2D eigenvalue weighted by atomic mass is 9.82. The lowest BCUT2D eigenvalue weighted by molar-refractivity contribution is -0.121. The van der Waals surface area contributed by atoms with Crippen molar-refractivity contribution in [3.05, 3.63) is 59.7 Å². The molecule has 0 radical (unpaired) electrons. The molecule has 0 aliphatic heterocycles. The van der Waals surface area contributed by atoms with Gasteiger partial charge in [0.1, 0.15) is 0 Å². The molecule has 0 spiro atoms.